The number of halogens is 1. The van der Waals surface area contributed by atoms with Crippen LogP contribution in [0, 0.1) is 12.8 Å². The van der Waals surface area contributed by atoms with Gasteiger partial charge in [0, 0.05) is 38.4 Å². The third-order valence-electron chi connectivity index (χ3n) is 4.54. The lowest BCUT2D eigenvalue weighted by Crippen LogP contribution is -2.28. The molecule has 2 aromatic rings. The first-order chi connectivity index (χ1) is 12.3. The van der Waals surface area contributed by atoms with Crippen LogP contribution in [0.15, 0.2) is 42.5 Å². The Bertz CT molecular complexity index is 833. The summed E-state index contributed by atoms with van der Waals surface area (Å²) in [4.78, 5) is 28.5. The molecule has 0 radical (unpaired) electrons. The van der Waals surface area contributed by atoms with E-state index in [9.17, 15) is 9.59 Å². The van der Waals surface area contributed by atoms with E-state index in [1.165, 1.54) is 0 Å². The molecule has 0 bridgehead atoms. The first kappa shape index (κ1) is 18.3. The van der Waals surface area contributed by atoms with Crippen LogP contribution in [0.5, 0.6) is 0 Å². The molecule has 1 saturated heterocycles. The molecular weight excluding hydrogens is 350 g/mol. The Morgan fingerprint density at radius 2 is 1.88 bits per heavy atom. The zero-order valence-corrected chi connectivity index (χ0v) is 15.9. The highest BCUT2D eigenvalue weighted by Crippen LogP contribution is 2.29. The molecule has 0 aromatic heterocycles. The van der Waals surface area contributed by atoms with Crippen LogP contribution in [0.4, 0.5) is 17.1 Å². The van der Waals surface area contributed by atoms with E-state index in [0.29, 0.717) is 17.3 Å². The van der Waals surface area contributed by atoms with Gasteiger partial charge < -0.3 is 15.1 Å². The zero-order chi connectivity index (χ0) is 18.8. The molecule has 0 aliphatic carbocycles. The number of carbonyl (C=O) groups is 2. The van der Waals surface area contributed by atoms with E-state index in [2.05, 4.69) is 5.32 Å². The summed E-state index contributed by atoms with van der Waals surface area (Å²) in [7, 11) is 3.81. The third kappa shape index (κ3) is 3.83. The van der Waals surface area contributed by atoms with E-state index in [4.69, 9.17) is 11.6 Å². The minimum Gasteiger partial charge on any atom is -0.376 e. The fraction of sp³-hybridized carbons (Fsp3) is 0.300. The van der Waals surface area contributed by atoms with Crippen molar-refractivity contribution in [3.63, 3.8) is 0 Å². The van der Waals surface area contributed by atoms with E-state index >= 15 is 0 Å². The Kier molecular flexibility index (Phi) is 5.18. The second-order valence-electron chi connectivity index (χ2n) is 6.79. The number of amides is 2. The Balaban J connectivity index is 1.68. The Morgan fingerprint density at radius 1 is 1.19 bits per heavy atom. The van der Waals surface area contributed by atoms with E-state index in [-0.39, 0.29) is 24.2 Å². The number of nitrogens with zero attached hydrogens (tertiary/aromatic N) is 2. The summed E-state index contributed by atoms with van der Waals surface area (Å²) < 4.78 is 0. The molecule has 0 saturated carbocycles. The Labute approximate surface area is 158 Å². The first-order valence-corrected chi connectivity index (χ1v) is 8.87. The van der Waals surface area contributed by atoms with Crippen molar-refractivity contribution in [2.24, 2.45) is 5.92 Å². The van der Waals surface area contributed by atoms with E-state index in [1.807, 2.05) is 62.3 Å². The van der Waals surface area contributed by atoms with Gasteiger partial charge in [-0.3, -0.25) is 9.59 Å². The summed E-state index contributed by atoms with van der Waals surface area (Å²) in [6.45, 7) is 2.38. The van der Waals surface area contributed by atoms with Crippen LogP contribution >= 0.6 is 11.6 Å². The van der Waals surface area contributed by atoms with Crippen molar-refractivity contribution < 1.29 is 9.59 Å². The monoisotopic (exact) mass is 371 g/mol. The largest absolute Gasteiger partial charge is 0.376 e. The molecule has 6 heteroatoms. The highest BCUT2D eigenvalue weighted by atomic mass is 35.5. The number of carbonyl (C=O) groups excluding carboxylic acids is 2. The van der Waals surface area contributed by atoms with Crippen molar-refractivity contribution in [1.29, 1.82) is 0 Å². The number of aryl methyl sites for hydroxylation is 1. The SMILES string of the molecule is Cc1ccc(N2CC(C(=O)Nc3ccc(N(C)C)c(Cl)c3)CC2=O)cc1. The molecule has 3 rings (SSSR count). The smallest absolute Gasteiger partial charge is 0.229 e. The van der Waals surface area contributed by atoms with Crippen LogP contribution in [0.3, 0.4) is 0 Å². The summed E-state index contributed by atoms with van der Waals surface area (Å²) in [6.07, 6.45) is 0.212. The number of anilines is 3. The highest BCUT2D eigenvalue weighted by molar-refractivity contribution is 6.33. The third-order valence-corrected chi connectivity index (χ3v) is 4.84. The summed E-state index contributed by atoms with van der Waals surface area (Å²) >= 11 is 6.25. The molecular formula is C20H22ClN3O2. The molecule has 1 fully saturated rings. The highest BCUT2D eigenvalue weighted by Gasteiger charge is 2.35. The van der Waals surface area contributed by atoms with Crippen LogP contribution in [0.2, 0.25) is 5.02 Å². The van der Waals surface area contributed by atoms with Gasteiger partial charge in [-0.1, -0.05) is 29.3 Å². The van der Waals surface area contributed by atoms with Crippen molar-refractivity contribution in [2.75, 3.05) is 35.8 Å². The summed E-state index contributed by atoms with van der Waals surface area (Å²) in [5.74, 6) is -0.576. The van der Waals surface area contributed by atoms with Crippen molar-refractivity contribution in [1.82, 2.24) is 0 Å². The Hall–Kier alpha value is -2.53. The van der Waals surface area contributed by atoms with Gasteiger partial charge in [0.15, 0.2) is 0 Å². The molecule has 1 atom stereocenters. The maximum atomic E-state index is 12.6. The molecule has 1 unspecified atom stereocenters. The van der Waals surface area contributed by atoms with Crippen molar-refractivity contribution >= 4 is 40.5 Å². The normalized spacial score (nSPS) is 16.7. The molecule has 0 spiro atoms. The number of benzene rings is 2. The second-order valence-corrected chi connectivity index (χ2v) is 7.20. The molecule has 1 aliphatic rings. The summed E-state index contributed by atoms with van der Waals surface area (Å²) in [5, 5.41) is 3.44. The van der Waals surface area contributed by atoms with Crippen molar-refractivity contribution in [3.05, 3.63) is 53.1 Å². The minimum atomic E-state index is -0.379. The number of rotatable bonds is 4. The number of nitrogens with one attached hydrogen (secondary N) is 1. The quantitative estimate of drug-likeness (QED) is 0.891. The van der Waals surface area contributed by atoms with Crippen LogP contribution < -0.4 is 15.1 Å². The lowest BCUT2D eigenvalue weighted by Gasteiger charge is -2.18. The first-order valence-electron chi connectivity index (χ1n) is 8.50. The van der Waals surface area contributed by atoms with Crippen LogP contribution in [-0.2, 0) is 9.59 Å². The molecule has 26 heavy (non-hydrogen) atoms. The summed E-state index contributed by atoms with van der Waals surface area (Å²) in [6, 6.07) is 13.1. The molecule has 136 valence electrons. The Morgan fingerprint density at radius 3 is 2.50 bits per heavy atom. The molecule has 5 nitrogen and oxygen atoms in total. The standard InChI is InChI=1S/C20H22ClN3O2/c1-13-4-7-16(8-5-13)24-12-14(10-19(24)25)20(26)22-15-6-9-18(23(2)3)17(21)11-15/h4-9,11,14H,10,12H2,1-3H3,(H,22,26). The molecule has 2 aromatic carbocycles. The van der Waals surface area contributed by atoms with Crippen LogP contribution in [-0.4, -0.2) is 32.5 Å². The van der Waals surface area contributed by atoms with Crippen LogP contribution in [0.1, 0.15) is 12.0 Å². The fourth-order valence-electron chi connectivity index (χ4n) is 3.05. The predicted molar refractivity (Wildman–Crippen MR) is 106 cm³/mol. The van der Waals surface area contributed by atoms with Gasteiger partial charge in [-0.25, -0.2) is 0 Å². The molecule has 2 amide bonds. The molecule has 1 aliphatic heterocycles. The van der Waals surface area contributed by atoms with E-state index < -0.39 is 0 Å². The minimum absolute atomic E-state index is 0.0324. The summed E-state index contributed by atoms with van der Waals surface area (Å²) in [5.41, 5.74) is 3.47. The second kappa shape index (κ2) is 7.38. The fourth-order valence-corrected chi connectivity index (χ4v) is 3.40. The average molecular weight is 372 g/mol. The van der Waals surface area contributed by atoms with Gasteiger partial charge in [-0.15, -0.1) is 0 Å². The zero-order valence-electron chi connectivity index (χ0n) is 15.1. The maximum Gasteiger partial charge on any atom is 0.229 e. The topological polar surface area (TPSA) is 52.7 Å². The van der Waals surface area contributed by atoms with Crippen molar-refractivity contribution in [2.45, 2.75) is 13.3 Å². The van der Waals surface area contributed by atoms with Crippen molar-refractivity contribution in [3.8, 4) is 0 Å². The van der Waals surface area contributed by atoms with Gasteiger partial charge in [0.2, 0.25) is 11.8 Å². The van der Waals surface area contributed by atoms with Gasteiger partial charge in [0.05, 0.1) is 16.6 Å². The lowest BCUT2D eigenvalue weighted by atomic mass is 10.1. The van der Waals surface area contributed by atoms with Gasteiger partial charge in [0.1, 0.15) is 0 Å². The number of hydrogen-bond donors (Lipinski definition) is 1. The van der Waals surface area contributed by atoms with E-state index in [0.717, 1.165) is 16.9 Å². The molecule has 1 N–H and O–H groups in total. The molecule has 1 heterocycles. The van der Waals surface area contributed by atoms with Gasteiger partial charge in [0.25, 0.3) is 0 Å². The van der Waals surface area contributed by atoms with Gasteiger partial charge >= 0.3 is 0 Å². The number of hydrogen-bond acceptors (Lipinski definition) is 3. The van der Waals surface area contributed by atoms with Crippen LogP contribution in [0.25, 0.3) is 0 Å². The maximum absolute atomic E-state index is 12.6. The van der Waals surface area contributed by atoms with Gasteiger partial charge in [-0.05, 0) is 37.3 Å². The average Bonchev–Trinajstić information content (AvgIpc) is 2.97. The van der Waals surface area contributed by atoms with E-state index in [1.54, 1.807) is 11.0 Å². The lowest BCUT2D eigenvalue weighted by molar-refractivity contribution is -0.122. The predicted octanol–water partition coefficient (Wildman–Crippen LogP) is 3.71. The van der Waals surface area contributed by atoms with Gasteiger partial charge in [-0.2, -0.15) is 0 Å².